The molecule has 1 N–H and O–H groups in total. The van der Waals surface area contributed by atoms with Crippen molar-refractivity contribution < 1.29 is 0 Å². The normalized spacial score (nSPS) is 10.3. The first-order valence-corrected chi connectivity index (χ1v) is 7.44. The molecule has 0 atom stereocenters. The van der Waals surface area contributed by atoms with Crippen molar-refractivity contribution in [1.29, 1.82) is 0 Å². The van der Waals surface area contributed by atoms with E-state index < -0.39 is 0 Å². The fourth-order valence-corrected chi connectivity index (χ4v) is 2.97. The third-order valence-electron chi connectivity index (χ3n) is 3.00. The quantitative estimate of drug-likeness (QED) is 0.786. The Labute approximate surface area is 126 Å². The van der Waals surface area contributed by atoms with Gasteiger partial charge in [-0.2, -0.15) is 4.98 Å². The Morgan fingerprint density at radius 1 is 1.00 bits per heavy atom. The van der Waals surface area contributed by atoms with Crippen molar-refractivity contribution in [1.82, 2.24) is 4.98 Å². The zero-order chi connectivity index (χ0) is 14.7. The van der Waals surface area contributed by atoms with Gasteiger partial charge in [-0.25, -0.2) is 0 Å². The van der Waals surface area contributed by atoms with Crippen molar-refractivity contribution in [2.75, 3.05) is 5.32 Å². The van der Waals surface area contributed by atoms with Crippen LogP contribution in [0.2, 0.25) is 0 Å². The predicted molar refractivity (Wildman–Crippen MR) is 88.3 cm³/mol. The van der Waals surface area contributed by atoms with Crippen LogP contribution in [0.3, 0.4) is 0 Å². The summed E-state index contributed by atoms with van der Waals surface area (Å²) in [6, 6.07) is 19.4. The second-order valence-corrected chi connectivity index (χ2v) is 5.76. The molecular weight excluding hydrogens is 280 g/mol. The first kappa shape index (κ1) is 13.5. The number of benzene rings is 2. The van der Waals surface area contributed by atoms with Gasteiger partial charge in [0.2, 0.25) is 0 Å². The molecule has 0 amide bonds. The smallest absolute Gasteiger partial charge is 0.273 e. The highest BCUT2D eigenvalue weighted by atomic mass is 32.1. The number of aromatic nitrogens is 1. The van der Waals surface area contributed by atoms with E-state index in [-0.39, 0.29) is 5.56 Å². The van der Waals surface area contributed by atoms with Gasteiger partial charge in [-0.05, 0) is 30.2 Å². The van der Waals surface area contributed by atoms with Crippen LogP contribution in [-0.2, 0) is 0 Å². The lowest BCUT2D eigenvalue weighted by molar-refractivity contribution is 1.27. The topological polar surface area (TPSA) is 42.0 Å². The minimum Gasteiger partial charge on any atom is -0.331 e. The first-order valence-electron chi connectivity index (χ1n) is 6.62. The lowest BCUT2D eigenvalue weighted by Crippen LogP contribution is -2.06. The highest BCUT2D eigenvalue weighted by Gasteiger charge is 2.05. The number of anilines is 2. The fourth-order valence-electron chi connectivity index (χ4n) is 2.05. The molecule has 0 aliphatic heterocycles. The molecular formula is C17H14N2OS. The molecule has 2 aromatic carbocycles. The van der Waals surface area contributed by atoms with Crippen LogP contribution in [0.1, 0.15) is 5.56 Å². The van der Waals surface area contributed by atoms with Crippen molar-refractivity contribution in [3.8, 4) is 10.4 Å². The molecule has 0 aliphatic rings. The molecule has 0 saturated heterocycles. The van der Waals surface area contributed by atoms with E-state index in [1.54, 1.807) is 6.07 Å². The van der Waals surface area contributed by atoms with E-state index in [1.165, 1.54) is 11.3 Å². The Kier molecular flexibility index (Phi) is 3.79. The number of nitrogens with zero attached hydrogens (tertiary/aromatic N) is 1. The van der Waals surface area contributed by atoms with Crippen molar-refractivity contribution in [3.63, 3.8) is 0 Å². The molecule has 21 heavy (non-hydrogen) atoms. The molecule has 0 fully saturated rings. The van der Waals surface area contributed by atoms with Crippen molar-refractivity contribution in [2.24, 2.45) is 0 Å². The van der Waals surface area contributed by atoms with Crippen molar-refractivity contribution in [2.45, 2.75) is 6.92 Å². The third kappa shape index (κ3) is 3.35. The Morgan fingerprint density at radius 3 is 2.57 bits per heavy atom. The van der Waals surface area contributed by atoms with Crippen LogP contribution in [0.5, 0.6) is 0 Å². The summed E-state index contributed by atoms with van der Waals surface area (Å²) in [7, 11) is 0. The summed E-state index contributed by atoms with van der Waals surface area (Å²) < 4.78 is 0. The van der Waals surface area contributed by atoms with E-state index in [2.05, 4.69) is 10.3 Å². The van der Waals surface area contributed by atoms with Gasteiger partial charge in [0.05, 0.1) is 0 Å². The molecule has 0 saturated carbocycles. The molecule has 1 heterocycles. The van der Waals surface area contributed by atoms with E-state index in [4.69, 9.17) is 0 Å². The average molecular weight is 294 g/mol. The van der Waals surface area contributed by atoms with E-state index in [1.807, 2.05) is 61.5 Å². The molecule has 104 valence electrons. The van der Waals surface area contributed by atoms with Crippen LogP contribution >= 0.6 is 11.3 Å². The van der Waals surface area contributed by atoms with Crippen LogP contribution in [-0.4, -0.2) is 4.98 Å². The zero-order valence-corrected chi connectivity index (χ0v) is 12.4. The van der Waals surface area contributed by atoms with Gasteiger partial charge in [0.25, 0.3) is 5.56 Å². The monoisotopic (exact) mass is 294 g/mol. The maximum atomic E-state index is 11.8. The van der Waals surface area contributed by atoms with Crippen LogP contribution in [0, 0.1) is 6.92 Å². The summed E-state index contributed by atoms with van der Waals surface area (Å²) in [5.41, 5.74) is 2.88. The third-order valence-corrected chi connectivity index (χ3v) is 3.96. The molecule has 4 heteroatoms. The minimum absolute atomic E-state index is 0.234. The Hall–Kier alpha value is -2.46. The Balaban J connectivity index is 1.97. The van der Waals surface area contributed by atoms with Gasteiger partial charge in [0, 0.05) is 16.6 Å². The molecule has 0 radical (unpaired) electrons. The number of hydrogen-bond acceptors (Lipinski definition) is 4. The number of rotatable bonds is 3. The molecule has 0 unspecified atom stereocenters. The van der Waals surface area contributed by atoms with Gasteiger partial charge in [-0.15, -0.1) is 0 Å². The van der Waals surface area contributed by atoms with E-state index in [9.17, 15) is 4.79 Å². The summed E-state index contributed by atoms with van der Waals surface area (Å²) in [6.45, 7) is 2.03. The van der Waals surface area contributed by atoms with Gasteiger partial charge >= 0.3 is 0 Å². The Morgan fingerprint density at radius 2 is 1.81 bits per heavy atom. The summed E-state index contributed by atoms with van der Waals surface area (Å²) in [6.07, 6.45) is 0. The summed E-state index contributed by atoms with van der Waals surface area (Å²) in [4.78, 5) is 16.7. The molecule has 1 aromatic heterocycles. The van der Waals surface area contributed by atoms with Gasteiger partial charge in [-0.3, -0.25) is 4.79 Å². The molecule has 3 rings (SSSR count). The van der Waals surface area contributed by atoms with Crippen molar-refractivity contribution >= 4 is 22.2 Å². The second-order valence-electron chi connectivity index (χ2n) is 4.73. The molecule has 0 bridgehead atoms. The Bertz CT molecular complexity index is 812. The maximum absolute atomic E-state index is 11.8. The highest BCUT2D eigenvalue weighted by Crippen LogP contribution is 2.27. The summed E-state index contributed by atoms with van der Waals surface area (Å²) >= 11 is 1.47. The molecule has 3 aromatic rings. The second kappa shape index (κ2) is 5.89. The van der Waals surface area contributed by atoms with Gasteiger partial charge < -0.3 is 5.32 Å². The molecule has 0 spiro atoms. The van der Waals surface area contributed by atoms with E-state index in [0.717, 1.165) is 21.7 Å². The van der Waals surface area contributed by atoms with Crippen LogP contribution in [0.15, 0.2) is 65.5 Å². The number of hydrogen-bond donors (Lipinski definition) is 1. The standard InChI is InChI=1S/C17H14N2OS/c1-12-6-5-9-14(10-12)18-17-19-16(20)11-15(21-17)13-7-3-2-4-8-13/h2-11H,1H3,(H,18,19,20). The lowest BCUT2D eigenvalue weighted by atomic mass is 10.2. The minimum atomic E-state index is -0.234. The average Bonchev–Trinajstić information content (AvgIpc) is 2.47. The van der Waals surface area contributed by atoms with Gasteiger partial charge in [0.15, 0.2) is 5.13 Å². The fraction of sp³-hybridized carbons (Fsp3) is 0.0588. The molecule has 0 aliphatic carbocycles. The van der Waals surface area contributed by atoms with Crippen LogP contribution in [0.25, 0.3) is 10.4 Å². The van der Waals surface area contributed by atoms with E-state index >= 15 is 0 Å². The maximum Gasteiger partial charge on any atom is 0.273 e. The van der Waals surface area contributed by atoms with Crippen LogP contribution < -0.4 is 10.9 Å². The van der Waals surface area contributed by atoms with Crippen LogP contribution in [0.4, 0.5) is 10.8 Å². The first-order chi connectivity index (χ1) is 10.2. The van der Waals surface area contributed by atoms with Gasteiger partial charge in [0.1, 0.15) is 0 Å². The predicted octanol–water partition coefficient (Wildman–Crippen LogP) is 4.22. The SMILES string of the molecule is Cc1cccc(Nc2nc(=O)cc(-c3ccccc3)s2)c1. The van der Waals surface area contributed by atoms with Crippen molar-refractivity contribution in [3.05, 3.63) is 76.6 Å². The largest absolute Gasteiger partial charge is 0.331 e. The summed E-state index contributed by atoms with van der Waals surface area (Å²) in [5.74, 6) is 0. The highest BCUT2D eigenvalue weighted by molar-refractivity contribution is 7.18. The number of nitrogens with one attached hydrogen (secondary N) is 1. The van der Waals surface area contributed by atoms with Gasteiger partial charge in [-0.1, -0.05) is 53.8 Å². The van der Waals surface area contributed by atoms with E-state index in [0.29, 0.717) is 5.13 Å². The lowest BCUT2D eigenvalue weighted by Gasteiger charge is -2.07. The summed E-state index contributed by atoms with van der Waals surface area (Å²) in [5, 5.41) is 3.81. The number of aryl methyl sites for hydroxylation is 1. The molecule has 3 nitrogen and oxygen atoms in total. The zero-order valence-electron chi connectivity index (χ0n) is 11.5.